The van der Waals surface area contributed by atoms with Crippen molar-refractivity contribution in [3.05, 3.63) is 72.1 Å². The Hall–Kier alpha value is -3.74. The predicted octanol–water partition coefficient (Wildman–Crippen LogP) is 2.34. The van der Waals surface area contributed by atoms with E-state index in [9.17, 15) is 9.59 Å². The maximum absolute atomic E-state index is 12.3. The summed E-state index contributed by atoms with van der Waals surface area (Å²) in [5.41, 5.74) is 8.12. The summed E-state index contributed by atoms with van der Waals surface area (Å²) in [6.07, 6.45) is 1.49. The molecule has 0 atom stereocenters. The highest BCUT2D eigenvalue weighted by Gasteiger charge is 2.13. The molecule has 1 heterocycles. The molecule has 0 aliphatic rings. The lowest BCUT2D eigenvalue weighted by Gasteiger charge is -2.09. The molecule has 7 nitrogen and oxygen atoms in total. The van der Waals surface area contributed by atoms with Gasteiger partial charge in [-0.25, -0.2) is 9.97 Å². The number of nitrogens with zero attached hydrogens (tertiary/aromatic N) is 2. The molecule has 0 aliphatic carbocycles. The lowest BCUT2D eigenvalue weighted by Crippen LogP contribution is -2.21. The molecule has 26 heavy (non-hydrogen) atoms. The first-order valence-corrected chi connectivity index (χ1v) is 7.90. The number of carbonyl (C=O) groups is 2. The average molecular weight is 347 g/mol. The van der Waals surface area contributed by atoms with Crippen LogP contribution in [-0.4, -0.2) is 28.8 Å². The van der Waals surface area contributed by atoms with Crippen LogP contribution in [0.2, 0.25) is 0 Å². The fraction of sp³-hybridized carbons (Fsp3) is 0.0526. The first kappa shape index (κ1) is 17.1. The molecule has 4 N–H and O–H groups in total. The largest absolute Gasteiger partial charge is 0.382 e. The molecule has 0 aliphatic heterocycles. The van der Waals surface area contributed by atoms with E-state index in [2.05, 4.69) is 20.6 Å². The molecule has 0 fully saturated rings. The average Bonchev–Trinajstić information content (AvgIpc) is 2.68. The molecule has 3 rings (SSSR count). The summed E-state index contributed by atoms with van der Waals surface area (Å²) in [5.74, 6) is -0.566. The maximum atomic E-state index is 12.3. The van der Waals surface area contributed by atoms with Crippen molar-refractivity contribution in [2.24, 2.45) is 0 Å². The number of aromatic nitrogens is 2. The predicted molar refractivity (Wildman–Crippen MR) is 99.7 cm³/mol. The third-order valence-corrected chi connectivity index (χ3v) is 3.70. The van der Waals surface area contributed by atoms with Crippen molar-refractivity contribution in [2.45, 2.75) is 0 Å². The van der Waals surface area contributed by atoms with E-state index < -0.39 is 5.91 Å². The number of hydrogen-bond acceptors (Lipinski definition) is 5. The molecular weight excluding hydrogens is 330 g/mol. The van der Waals surface area contributed by atoms with E-state index in [1.807, 2.05) is 12.1 Å². The zero-order valence-corrected chi connectivity index (χ0v) is 14.1. The van der Waals surface area contributed by atoms with Crippen LogP contribution in [0.1, 0.15) is 20.8 Å². The monoisotopic (exact) mass is 347 g/mol. The lowest BCUT2D eigenvalue weighted by molar-refractivity contribution is 0.0958. The molecule has 7 heteroatoms. The van der Waals surface area contributed by atoms with Gasteiger partial charge in [0.15, 0.2) is 11.5 Å². The van der Waals surface area contributed by atoms with E-state index in [0.717, 1.165) is 0 Å². The Bertz CT molecular complexity index is 957. The molecule has 0 saturated heterocycles. The quantitative estimate of drug-likeness (QED) is 0.671. The molecule has 0 unspecified atom stereocenters. The van der Waals surface area contributed by atoms with Crippen LogP contribution in [0.3, 0.4) is 0 Å². The van der Waals surface area contributed by atoms with Crippen LogP contribution in [0, 0.1) is 0 Å². The Kier molecular flexibility index (Phi) is 4.89. The highest BCUT2D eigenvalue weighted by atomic mass is 16.2. The van der Waals surface area contributed by atoms with E-state index in [0.29, 0.717) is 22.5 Å². The van der Waals surface area contributed by atoms with E-state index in [1.54, 1.807) is 42.5 Å². The summed E-state index contributed by atoms with van der Waals surface area (Å²) in [6, 6.07) is 16.1. The van der Waals surface area contributed by atoms with Gasteiger partial charge in [0.2, 0.25) is 0 Å². The summed E-state index contributed by atoms with van der Waals surface area (Å²) >= 11 is 0. The molecule has 1 aromatic heterocycles. The van der Waals surface area contributed by atoms with Gasteiger partial charge in [0.05, 0.1) is 11.9 Å². The summed E-state index contributed by atoms with van der Waals surface area (Å²) < 4.78 is 0. The summed E-state index contributed by atoms with van der Waals surface area (Å²) in [5, 5.41) is 5.32. The van der Waals surface area contributed by atoms with Gasteiger partial charge in [-0.1, -0.05) is 30.3 Å². The number of amides is 2. The maximum Gasteiger partial charge on any atom is 0.273 e. The number of anilines is 2. The minimum Gasteiger partial charge on any atom is -0.382 e. The Morgan fingerprint density at radius 2 is 1.77 bits per heavy atom. The minimum absolute atomic E-state index is 0.0571. The second-order valence-corrected chi connectivity index (χ2v) is 5.47. The van der Waals surface area contributed by atoms with Crippen molar-refractivity contribution in [3.63, 3.8) is 0 Å². The van der Waals surface area contributed by atoms with Crippen LogP contribution < -0.4 is 16.4 Å². The zero-order valence-electron chi connectivity index (χ0n) is 14.1. The Balaban J connectivity index is 1.88. The smallest absolute Gasteiger partial charge is 0.273 e. The Morgan fingerprint density at radius 1 is 1.00 bits per heavy atom. The molecule has 2 aromatic carbocycles. The van der Waals surface area contributed by atoms with Gasteiger partial charge in [0.25, 0.3) is 11.8 Å². The summed E-state index contributed by atoms with van der Waals surface area (Å²) in [6.45, 7) is 0. The molecule has 130 valence electrons. The van der Waals surface area contributed by atoms with Gasteiger partial charge in [0.1, 0.15) is 0 Å². The Labute approximate surface area is 150 Å². The molecule has 0 bridgehead atoms. The second-order valence-electron chi connectivity index (χ2n) is 5.47. The highest BCUT2D eigenvalue weighted by Crippen LogP contribution is 2.22. The van der Waals surface area contributed by atoms with Crippen LogP contribution in [0.5, 0.6) is 0 Å². The fourth-order valence-corrected chi connectivity index (χ4v) is 2.37. The van der Waals surface area contributed by atoms with Crippen LogP contribution in [0.4, 0.5) is 11.5 Å². The van der Waals surface area contributed by atoms with Crippen molar-refractivity contribution in [2.75, 3.05) is 18.1 Å². The van der Waals surface area contributed by atoms with Gasteiger partial charge in [-0.3, -0.25) is 9.59 Å². The third-order valence-electron chi connectivity index (χ3n) is 3.70. The van der Waals surface area contributed by atoms with E-state index in [-0.39, 0.29) is 17.4 Å². The van der Waals surface area contributed by atoms with Crippen LogP contribution in [0.15, 0.2) is 60.8 Å². The lowest BCUT2D eigenvalue weighted by atomic mass is 10.1. The van der Waals surface area contributed by atoms with E-state index in [1.165, 1.54) is 13.2 Å². The van der Waals surface area contributed by atoms with E-state index in [4.69, 9.17) is 5.73 Å². The van der Waals surface area contributed by atoms with Crippen LogP contribution in [-0.2, 0) is 0 Å². The number of nitrogens with two attached hydrogens (primary N) is 1. The number of nitrogens with one attached hydrogen (secondary N) is 2. The fourth-order valence-electron chi connectivity index (χ4n) is 2.37. The van der Waals surface area contributed by atoms with Crippen molar-refractivity contribution in [1.82, 2.24) is 15.3 Å². The van der Waals surface area contributed by atoms with E-state index >= 15 is 0 Å². The van der Waals surface area contributed by atoms with Crippen molar-refractivity contribution in [3.8, 4) is 11.3 Å². The van der Waals surface area contributed by atoms with Gasteiger partial charge in [-0.05, 0) is 24.3 Å². The van der Waals surface area contributed by atoms with Gasteiger partial charge in [0, 0.05) is 23.9 Å². The third kappa shape index (κ3) is 3.67. The molecule has 2 amide bonds. The Morgan fingerprint density at radius 3 is 2.50 bits per heavy atom. The zero-order chi connectivity index (χ0) is 18.5. The SMILES string of the molecule is CNC(=O)c1nc(-c2cccc(NC(=O)c3ccccc3)c2)cnc1N. The molecule has 0 radical (unpaired) electrons. The van der Waals surface area contributed by atoms with Crippen LogP contribution in [0.25, 0.3) is 11.3 Å². The number of benzene rings is 2. The standard InChI is InChI=1S/C19H17N5O2/c1-21-19(26)16-17(20)22-11-15(24-16)13-8-5-9-14(10-13)23-18(25)12-6-3-2-4-7-12/h2-11H,1H3,(H2,20,22)(H,21,26)(H,23,25). The first-order valence-electron chi connectivity index (χ1n) is 7.90. The van der Waals surface area contributed by atoms with Crippen LogP contribution >= 0.6 is 0 Å². The first-order chi connectivity index (χ1) is 12.6. The number of nitrogen functional groups attached to an aromatic ring is 1. The molecule has 0 spiro atoms. The number of hydrogen-bond donors (Lipinski definition) is 3. The molecule has 0 saturated carbocycles. The van der Waals surface area contributed by atoms with Gasteiger partial charge >= 0.3 is 0 Å². The highest BCUT2D eigenvalue weighted by molar-refractivity contribution is 6.04. The summed E-state index contributed by atoms with van der Waals surface area (Å²) in [7, 11) is 1.50. The molecular formula is C19H17N5O2. The number of carbonyl (C=O) groups excluding carboxylic acids is 2. The normalized spacial score (nSPS) is 10.2. The van der Waals surface area contributed by atoms with Gasteiger partial charge < -0.3 is 16.4 Å². The minimum atomic E-state index is -0.412. The number of rotatable bonds is 4. The summed E-state index contributed by atoms with van der Waals surface area (Å²) in [4.78, 5) is 32.4. The second kappa shape index (κ2) is 7.43. The van der Waals surface area contributed by atoms with Crippen molar-refractivity contribution < 1.29 is 9.59 Å². The van der Waals surface area contributed by atoms with Gasteiger partial charge in [-0.2, -0.15) is 0 Å². The molecule has 3 aromatic rings. The van der Waals surface area contributed by atoms with Crippen molar-refractivity contribution in [1.29, 1.82) is 0 Å². The van der Waals surface area contributed by atoms with Crippen molar-refractivity contribution >= 4 is 23.3 Å². The topological polar surface area (TPSA) is 110 Å². The van der Waals surface area contributed by atoms with Gasteiger partial charge in [-0.15, -0.1) is 0 Å².